The summed E-state index contributed by atoms with van der Waals surface area (Å²) in [6.07, 6.45) is 2.26. The van der Waals surface area contributed by atoms with Crippen LogP contribution in [0.5, 0.6) is 0 Å². The molecule has 0 bridgehead atoms. The van der Waals surface area contributed by atoms with Crippen molar-refractivity contribution >= 4 is 11.5 Å². The molecule has 0 unspecified atom stereocenters. The van der Waals surface area contributed by atoms with E-state index in [9.17, 15) is 10.1 Å². The zero-order valence-electron chi connectivity index (χ0n) is 10.1. The second-order valence-electron chi connectivity index (χ2n) is 4.35. The molecule has 0 radical (unpaired) electrons. The molecule has 2 heterocycles. The maximum absolute atomic E-state index is 10.8. The molecule has 0 saturated carbocycles. The van der Waals surface area contributed by atoms with Crippen molar-refractivity contribution < 1.29 is 14.4 Å². The van der Waals surface area contributed by atoms with Crippen molar-refractivity contribution in [3.8, 4) is 0 Å². The fraction of sp³-hybridized carbons (Fsp3) is 0.600. The first-order chi connectivity index (χ1) is 8.48. The summed E-state index contributed by atoms with van der Waals surface area (Å²) in [5, 5.41) is 13.6. The van der Waals surface area contributed by atoms with Gasteiger partial charge in [-0.15, -0.1) is 0 Å². The summed E-state index contributed by atoms with van der Waals surface area (Å²) >= 11 is 0. The molecule has 1 fully saturated rings. The molecule has 18 heavy (non-hydrogen) atoms. The van der Waals surface area contributed by atoms with Crippen molar-refractivity contribution in [3.05, 3.63) is 22.6 Å². The second-order valence-corrected chi connectivity index (χ2v) is 4.35. The van der Waals surface area contributed by atoms with E-state index in [0.29, 0.717) is 13.2 Å². The van der Waals surface area contributed by atoms with Gasteiger partial charge in [0, 0.05) is 6.54 Å². The minimum atomic E-state index is -0.607. The molecule has 1 aliphatic heterocycles. The Hall–Kier alpha value is -1.80. The number of nitrogens with one attached hydrogen (secondary N) is 1. The van der Waals surface area contributed by atoms with Crippen LogP contribution in [0.15, 0.2) is 12.5 Å². The van der Waals surface area contributed by atoms with Crippen LogP contribution in [0.4, 0.5) is 11.5 Å². The second kappa shape index (κ2) is 4.83. The van der Waals surface area contributed by atoms with Gasteiger partial charge in [-0.05, 0) is 13.8 Å². The van der Waals surface area contributed by atoms with Crippen LogP contribution < -0.4 is 5.32 Å². The van der Waals surface area contributed by atoms with Gasteiger partial charge in [0.1, 0.15) is 18.6 Å². The maximum Gasteiger partial charge on any atom is 0.329 e. The molecular formula is C10H14N4O4. The van der Waals surface area contributed by atoms with Crippen LogP contribution in [0.2, 0.25) is 0 Å². The Morgan fingerprint density at radius 3 is 3.06 bits per heavy atom. The van der Waals surface area contributed by atoms with Gasteiger partial charge in [-0.1, -0.05) is 0 Å². The van der Waals surface area contributed by atoms with Crippen LogP contribution in [0, 0.1) is 10.1 Å². The molecular weight excluding hydrogens is 240 g/mol. The summed E-state index contributed by atoms with van der Waals surface area (Å²) in [5.41, 5.74) is -0.157. The highest BCUT2D eigenvalue weighted by Crippen LogP contribution is 2.24. The summed E-state index contributed by atoms with van der Waals surface area (Å²) in [5.74, 6) is -0.424. The van der Waals surface area contributed by atoms with Crippen molar-refractivity contribution in [1.29, 1.82) is 0 Å². The van der Waals surface area contributed by atoms with Crippen LogP contribution in [-0.2, 0) is 9.47 Å². The number of nitrogens with zero attached hydrogens (tertiary/aromatic N) is 3. The molecule has 1 aromatic heterocycles. The topological polar surface area (TPSA) is 99.4 Å². The van der Waals surface area contributed by atoms with E-state index >= 15 is 0 Å². The third-order valence-electron chi connectivity index (χ3n) is 2.45. The van der Waals surface area contributed by atoms with Crippen LogP contribution in [0.3, 0.4) is 0 Å². The molecule has 1 atom stereocenters. The zero-order chi connectivity index (χ0) is 13.2. The highest BCUT2D eigenvalue weighted by Gasteiger charge is 2.32. The average Bonchev–Trinajstić information content (AvgIpc) is 2.66. The lowest BCUT2D eigenvalue weighted by Gasteiger charge is -2.17. The Balaban J connectivity index is 1.97. The Morgan fingerprint density at radius 1 is 1.67 bits per heavy atom. The van der Waals surface area contributed by atoms with E-state index in [1.807, 2.05) is 13.8 Å². The third-order valence-corrected chi connectivity index (χ3v) is 2.45. The van der Waals surface area contributed by atoms with Crippen molar-refractivity contribution in [3.63, 3.8) is 0 Å². The average molecular weight is 254 g/mol. The Morgan fingerprint density at radius 2 is 2.44 bits per heavy atom. The van der Waals surface area contributed by atoms with E-state index in [4.69, 9.17) is 9.47 Å². The van der Waals surface area contributed by atoms with Crippen molar-refractivity contribution in [2.75, 3.05) is 18.5 Å². The first-order valence-electron chi connectivity index (χ1n) is 5.48. The molecule has 98 valence electrons. The van der Waals surface area contributed by atoms with Crippen LogP contribution in [-0.4, -0.2) is 39.9 Å². The summed E-state index contributed by atoms with van der Waals surface area (Å²) in [4.78, 5) is 17.7. The van der Waals surface area contributed by atoms with E-state index in [-0.39, 0.29) is 17.6 Å². The molecule has 0 aromatic carbocycles. The van der Waals surface area contributed by atoms with Gasteiger partial charge in [-0.3, -0.25) is 10.1 Å². The highest BCUT2D eigenvalue weighted by molar-refractivity contribution is 5.53. The lowest BCUT2D eigenvalue weighted by Crippen LogP contribution is -2.26. The largest absolute Gasteiger partial charge is 0.362 e. The normalized spacial score (nSPS) is 21.8. The molecule has 0 aliphatic carbocycles. The van der Waals surface area contributed by atoms with E-state index in [1.165, 1.54) is 6.33 Å². The predicted octanol–water partition coefficient (Wildman–Crippen LogP) is 0.948. The van der Waals surface area contributed by atoms with Gasteiger partial charge in [0.2, 0.25) is 5.82 Å². The molecule has 0 amide bonds. The Bertz CT molecular complexity index is 451. The maximum atomic E-state index is 10.8. The number of hydrogen-bond acceptors (Lipinski definition) is 7. The van der Waals surface area contributed by atoms with Crippen LogP contribution >= 0.6 is 0 Å². The lowest BCUT2D eigenvalue weighted by atomic mass is 10.3. The molecule has 1 aliphatic rings. The molecule has 1 N–H and O–H groups in total. The molecule has 2 rings (SSSR count). The van der Waals surface area contributed by atoms with Crippen LogP contribution in [0.25, 0.3) is 0 Å². The summed E-state index contributed by atoms with van der Waals surface area (Å²) in [6.45, 7) is 4.47. The summed E-state index contributed by atoms with van der Waals surface area (Å²) < 4.78 is 11.0. The minimum Gasteiger partial charge on any atom is -0.362 e. The van der Waals surface area contributed by atoms with Crippen molar-refractivity contribution in [2.24, 2.45) is 0 Å². The quantitative estimate of drug-likeness (QED) is 0.630. The van der Waals surface area contributed by atoms with E-state index in [2.05, 4.69) is 15.3 Å². The molecule has 1 aromatic rings. The number of ether oxygens (including phenoxy) is 2. The van der Waals surface area contributed by atoms with Gasteiger partial charge in [-0.2, -0.15) is 0 Å². The van der Waals surface area contributed by atoms with E-state index < -0.39 is 10.7 Å². The van der Waals surface area contributed by atoms with Crippen LogP contribution in [0.1, 0.15) is 13.8 Å². The summed E-state index contributed by atoms with van der Waals surface area (Å²) in [7, 11) is 0. The van der Waals surface area contributed by atoms with Gasteiger partial charge in [0.05, 0.1) is 11.5 Å². The van der Waals surface area contributed by atoms with E-state index in [0.717, 1.165) is 6.20 Å². The fourth-order valence-electron chi connectivity index (χ4n) is 1.67. The molecule has 1 saturated heterocycles. The number of anilines is 1. The van der Waals surface area contributed by atoms with Crippen molar-refractivity contribution in [2.45, 2.75) is 25.7 Å². The predicted molar refractivity (Wildman–Crippen MR) is 62.1 cm³/mol. The molecule has 8 heteroatoms. The highest BCUT2D eigenvalue weighted by atomic mass is 16.7. The van der Waals surface area contributed by atoms with Gasteiger partial charge in [-0.25, -0.2) is 9.97 Å². The van der Waals surface area contributed by atoms with Gasteiger partial charge >= 0.3 is 5.69 Å². The monoisotopic (exact) mass is 254 g/mol. The van der Waals surface area contributed by atoms with Gasteiger partial charge in [0.15, 0.2) is 5.79 Å². The minimum absolute atomic E-state index is 0.157. The number of hydrogen-bond donors (Lipinski definition) is 1. The van der Waals surface area contributed by atoms with Gasteiger partial charge in [0.25, 0.3) is 0 Å². The first kappa shape index (κ1) is 12.7. The standard InChI is InChI=1S/C10H14N4O4/c1-10(2)17-5-7(18-10)3-12-9-8(14(15)16)4-11-6-13-9/h4,6-7H,3,5H2,1-2H3,(H,11,12,13)/t7-/m1/s1. The van der Waals surface area contributed by atoms with Gasteiger partial charge < -0.3 is 14.8 Å². The fourth-order valence-corrected chi connectivity index (χ4v) is 1.67. The van der Waals surface area contributed by atoms with E-state index in [1.54, 1.807) is 0 Å². The Labute approximate surface area is 103 Å². The SMILES string of the molecule is CC1(C)OC[C@@H](CNc2ncncc2[N+](=O)[O-])O1. The zero-order valence-corrected chi connectivity index (χ0v) is 10.1. The number of nitro groups is 1. The lowest BCUT2D eigenvalue weighted by molar-refractivity contribution is -0.384. The molecule has 8 nitrogen and oxygen atoms in total. The third kappa shape index (κ3) is 2.90. The van der Waals surface area contributed by atoms with Crippen molar-refractivity contribution in [1.82, 2.24) is 9.97 Å². The number of aromatic nitrogens is 2. The molecule has 0 spiro atoms. The summed E-state index contributed by atoms with van der Waals surface area (Å²) in [6, 6.07) is 0. The number of rotatable bonds is 4. The Kier molecular flexibility index (Phi) is 3.39. The smallest absolute Gasteiger partial charge is 0.329 e. The first-order valence-corrected chi connectivity index (χ1v) is 5.48.